The van der Waals surface area contributed by atoms with Crippen molar-refractivity contribution in [2.24, 2.45) is 5.73 Å². The van der Waals surface area contributed by atoms with Crippen LogP contribution in [0.3, 0.4) is 0 Å². The first-order valence-corrected chi connectivity index (χ1v) is 6.83. The van der Waals surface area contributed by atoms with Crippen molar-refractivity contribution < 1.29 is 24.2 Å². The van der Waals surface area contributed by atoms with E-state index in [1.165, 1.54) is 16.7 Å². The van der Waals surface area contributed by atoms with Crippen LogP contribution in [-0.4, -0.2) is 51.6 Å². The summed E-state index contributed by atoms with van der Waals surface area (Å²) in [5.41, 5.74) is 5.94. The summed E-state index contributed by atoms with van der Waals surface area (Å²) < 4.78 is 4.94. The summed E-state index contributed by atoms with van der Waals surface area (Å²) in [6.07, 6.45) is 0.221. The van der Waals surface area contributed by atoms with E-state index < -0.39 is 23.9 Å². The number of esters is 1. The Kier molecular flexibility index (Phi) is 3.81. The van der Waals surface area contributed by atoms with Crippen molar-refractivity contribution in [2.75, 3.05) is 12.4 Å². The van der Waals surface area contributed by atoms with Crippen molar-refractivity contribution in [3.63, 3.8) is 0 Å². The molecule has 0 aliphatic carbocycles. The maximum atomic E-state index is 11.6. The van der Waals surface area contributed by atoms with E-state index in [0.717, 1.165) is 0 Å². The Bertz CT molecular complexity index is 476. The van der Waals surface area contributed by atoms with Gasteiger partial charge in [-0.3, -0.25) is 14.5 Å². The van der Waals surface area contributed by atoms with Crippen LogP contribution in [0.1, 0.15) is 13.3 Å². The number of amides is 1. The lowest BCUT2D eigenvalue weighted by molar-refractivity contribution is -0.148. The molecule has 0 saturated carbocycles. The van der Waals surface area contributed by atoms with E-state index in [1.54, 1.807) is 6.92 Å². The number of β-lactam (4-membered cyclic amide) rings is 1. The van der Waals surface area contributed by atoms with Gasteiger partial charge in [-0.1, -0.05) is 6.92 Å². The number of ether oxygens (including phenoxy) is 1. The molecule has 1 amide bonds. The van der Waals surface area contributed by atoms with E-state index in [9.17, 15) is 19.5 Å². The third-order valence-electron chi connectivity index (χ3n) is 2.99. The van der Waals surface area contributed by atoms with Gasteiger partial charge in [-0.25, -0.2) is 4.79 Å². The number of carboxylic acid groups (broad SMARTS) is 1. The van der Waals surface area contributed by atoms with Crippen LogP contribution in [0.15, 0.2) is 11.3 Å². The fourth-order valence-corrected chi connectivity index (χ4v) is 3.23. The van der Waals surface area contributed by atoms with Crippen molar-refractivity contribution in [2.45, 2.75) is 24.8 Å². The lowest BCUT2D eigenvalue weighted by Crippen LogP contribution is -2.68. The number of hydrogen-bond acceptors (Lipinski definition) is 6. The van der Waals surface area contributed by atoms with Gasteiger partial charge in [-0.05, 0) is 0 Å². The minimum absolute atomic E-state index is 0.0978. The zero-order valence-corrected chi connectivity index (χ0v) is 11.1. The molecule has 0 spiro atoms. The second kappa shape index (κ2) is 5.22. The Morgan fingerprint density at radius 1 is 1.58 bits per heavy atom. The van der Waals surface area contributed by atoms with Gasteiger partial charge in [0.1, 0.15) is 23.7 Å². The summed E-state index contributed by atoms with van der Waals surface area (Å²) in [5.74, 6) is -1.63. The van der Waals surface area contributed by atoms with Gasteiger partial charge in [0.15, 0.2) is 0 Å². The normalized spacial score (nSPS) is 25.8. The molecule has 7 nitrogen and oxygen atoms in total. The molecule has 2 aliphatic rings. The molecular weight excluding hydrogens is 272 g/mol. The molecule has 2 heterocycles. The van der Waals surface area contributed by atoms with E-state index in [1.807, 2.05) is 0 Å². The van der Waals surface area contributed by atoms with Gasteiger partial charge in [0.2, 0.25) is 5.91 Å². The number of fused-ring (bicyclic) bond motifs is 1. The summed E-state index contributed by atoms with van der Waals surface area (Å²) in [5, 5.41) is 8.89. The zero-order valence-electron chi connectivity index (χ0n) is 10.3. The van der Waals surface area contributed by atoms with E-state index in [4.69, 9.17) is 10.5 Å². The monoisotopic (exact) mass is 286 g/mol. The highest BCUT2D eigenvalue weighted by molar-refractivity contribution is 8.00. The summed E-state index contributed by atoms with van der Waals surface area (Å²) >= 11 is 1.38. The summed E-state index contributed by atoms with van der Waals surface area (Å²) in [6, 6.07) is -0.654. The minimum Gasteiger partial charge on any atom is -0.477 e. The molecule has 19 heavy (non-hydrogen) atoms. The van der Waals surface area contributed by atoms with Crippen molar-refractivity contribution in [1.82, 2.24) is 4.90 Å². The van der Waals surface area contributed by atoms with Crippen LogP contribution in [0.4, 0.5) is 0 Å². The third-order valence-corrected chi connectivity index (χ3v) is 4.35. The number of nitrogens with zero attached hydrogens (tertiary/aromatic N) is 1. The Morgan fingerprint density at radius 2 is 2.26 bits per heavy atom. The molecule has 3 N–H and O–H groups in total. The second-order valence-electron chi connectivity index (χ2n) is 4.21. The molecule has 0 aromatic carbocycles. The lowest BCUT2D eigenvalue weighted by atomic mass is 10.0. The first kappa shape index (κ1) is 13.9. The number of carboxylic acids is 1. The Labute approximate surface area is 113 Å². The number of rotatable bonds is 4. The first-order valence-electron chi connectivity index (χ1n) is 5.78. The van der Waals surface area contributed by atoms with Gasteiger partial charge in [0.25, 0.3) is 0 Å². The SMILES string of the molecule is CCC(=O)OCC1=C(C(=O)O)N2C(=O)C(N)[C@H]2SC1. The molecule has 2 aliphatic heterocycles. The molecule has 1 fully saturated rings. The molecule has 1 unspecified atom stereocenters. The number of carbonyl (C=O) groups is 3. The molecule has 1 saturated heterocycles. The van der Waals surface area contributed by atoms with Crippen molar-refractivity contribution in [3.05, 3.63) is 11.3 Å². The molecule has 104 valence electrons. The van der Waals surface area contributed by atoms with Crippen LogP contribution in [0.5, 0.6) is 0 Å². The third kappa shape index (κ3) is 2.33. The first-order chi connectivity index (χ1) is 8.97. The van der Waals surface area contributed by atoms with E-state index in [-0.39, 0.29) is 24.1 Å². The van der Waals surface area contributed by atoms with E-state index >= 15 is 0 Å². The number of nitrogens with two attached hydrogens (primary N) is 1. The standard InChI is InChI=1S/C11H14N2O5S/c1-2-6(14)18-3-5-4-19-10-7(12)9(15)13(10)8(5)11(16)17/h7,10H,2-4,12H2,1H3,(H,16,17)/t7?,10-/m1/s1. The van der Waals surface area contributed by atoms with Crippen molar-refractivity contribution in [3.8, 4) is 0 Å². The summed E-state index contributed by atoms with van der Waals surface area (Å²) in [6.45, 7) is 1.55. The summed E-state index contributed by atoms with van der Waals surface area (Å²) in [7, 11) is 0. The molecule has 2 atom stereocenters. The maximum Gasteiger partial charge on any atom is 0.352 e. The molecule has 0 aromatic rings. The van der Waals surface area contributed by atoms with Crippen LogP contribution in [0.2, 0.25) is 0 Å². The largest absolute Gasteiger partial charge is 0.477 e. The zero-order chi connectivity index (χ0) is 14.2. The van der Waals surface area contributed by atoms with Crippen molar-refractivity contribution in [1.29, 1.82) is 0 Å². The average Bonchev–Trinajstić information content (AvgIpc) is 2.42. The molecule has 0 aromatic heterocycles. The van der Waals surface area contributed by atoms with Crippen molar-refractivity contribution >= 4 is 29.6 Å². The number of thioether (sulfide) groups is 1. The van der Waals surface area contributed by atoms with Crippen LogP contribution in [0, 0.1) is 0 Å². The quantitative estimate of drug-likeness (QED) is 0.530. The smallest absolute Gasteiger partial charge is 0.352 e. The topological polar surface area (TPSA) is 110 Å². The number of hydrogen-bond donors (Lipinski definition) is 2. The average molecular weight is 286 g/mol. The molecular formula is C11H14N2O5S. The van der Waals surface area contributed by atoms with Gasteiger partial charge >= 0.3 is 11.9 Å². The van der Waals surface area contributed by atoms with Gasteiger partial charge in [-0.2, -0.15) is 0 Å². The number of aliphatic carboxylic acids is 1. The van der Waals surface area contributed by atoms with Gasteiger partial charge in [-0.15, -0.1) is 11.8 Å². The van der Waals surface area contributed by atoms with Gasteiger partial charge in [0.05, 0.1) is 0 Å². The Morgan fingerprint density at radius 3 is 2.84 bits per heavy atom. The Balaban J connectivity index is 2.20. The number of carbonyl (C=O) groups excluding carboxylic acids is 2. The maximum absolute atomic E-state index is 11.6. The second-order valence-corrected chi connectivity index (χ2v) is 5.31. The highest BCUT2D eigenvalue weighted by Gasteiger charge is 2.51. The van der Waals surface area contributed by atoms with Crippen LogP contribution >= 0.6 is 11.8 Å². The molecule has 8 heteroatoms. The van der Waals surface area contributed by atoms with Crippen LogP contribution in [-0.2, 0) is 19.1 Å². The fraction of sp³-hybridized carbons (Fsp3) is 0.545. The van der Waals surface area contributed by atoms with Crippen LogP contribution < -0.4 is 5.73 Å². The van der Waals surface area contributed by atoms with E-state index in [2.05, 4.69) is 0 Å². The molecule has 0 bridgehead atoms. The lowest BCUT2D eigenvalue weighted by Gasteiger charge is -2.47. The van der Waals surface area contributed by atoms with Gasteiger partial charge < -0.3 is 15.6 Å². The van der Waals surface area contributed by atoms with Gasteiger partial charge in [0, 0.05) is 17.7 Å². The summed E-state index contributed by atoms with van der Waals surface area (Å²) in [4.78, 5) is 35.2. The predicted molar refractivity (Wildman–Crippen MR) is 67.0 cm³/mol. The van der Waals surface area contributed by atoms with E-state index in [0.29, 0.717) is 11.3 Å². The highest BCUT2D eigenvalue weighted by Crippen LogP contribution is 2.39. The van der Waals surface area contributed by atoms with Crippen LogP contribution in [0.25, 0.3) is 0 Å². The molecule has 0 radical (unpaired) electrons. The molecule has 2 rings (SSSR count). The Hall–Kier alpha value is -1.54. The minimum atomic E-state index is -1.20. The predicted octanol–water partition coefficient (Wildman–Crippen LogP) is -0.479. The highest BCUT2D eigenvalue weighted by atomic mass is 32.2. The fourth-order valence-electron chi connectivity index (χ4n) is 1.96.